The Balaban J connectivity index is 1.27. The Bertz CT molecular complexity index is 1490. The predicted octanol–water partition coefficient (Wildman–Crippen LogP) is 3.52. The number of nitrogens with two attached hydrogens (primary N) is 1. The third-order valence-electron chi connectivity index (χ3n) is 7.84. The predicted molar refractivity (Wildman–Crippen MR) is 136 cm³/mol. The van der Waals surface area contributed by atoms with Crippen molar-refractivity contribution in [1.82, 2.24) is 25.5 Å². The van der Waals surface area contributed by atoms with E-state index in [1.807, 2.05) is 12.1 Å². The van der Waals surface area contributed by atoms with Crippen molar-refractivity contribution in [1.29, 1.82) is 0 Å². The number of hydrogen-bond acceptors (Lipinski definition) is 6. The second-order valence-electron chi connectivity index (χ2n) is 9.44. The maximum Gasteiger partial charge on any atom is 0.251 e. The highest BCUT2D eigenvalue weighted by Gasteiger charge is 2.66. The number of piperidine rings is 1. The summed E-state index contributed by atoms with van der Waals surface area (Å²) in [6.07, 6.45) is 2.65. The number of carbonyl (C=O) groups is 1. The molecule has 1 saturated carbocycles. The van der Waals surface area contributed by atoms with Gasteiger partial charge >= 0.3 is 0 Å². The molecule has 2 aliphatic rings. The summed E-state index contributed by atoms with van der Waals surface area (Å²) < 4.78 is 14.7. The van der Waals surface area contributed by atoms with Gasteiger partial charge in [-0.15, -0.1) is 0 Å². The molecule has 1 saturated heterocycles. The van der Waals surface area contributed by atoms with E-state index in [0.717, 1.165) is 30.9 Å². The van der Waals surface area contributed by atoms with Gasteiger partial charge in [0.05, 0.1) is 11.2 Å². The van der Waals surface area contributed by atoms with Crippen LogP contribution in [0.1, 0.15) is 22.3 Å². The summed E-state index contributed by atoms with van der Waals surface area (Å²) in [7, 11) is 1.57. The van der Waals surface area contributed by atoms with E-state index in [1.54, 1.807) is 37.5 Å². The van der Waals surface area contributed by atoms with Crippen molar-refractivity contribution in [3.63, 3.8) is 0 Å². The Kier molecular flexibility index (Phi) is 5.42. The number of amides is 1. The van der Waals surface area contributed by atoms with Crippen molar-refractivity contribution in [2.75, 3.05) is 31.6 Å². The van der Waals surface area contributed by atoms with Gasteiger partial charge in [0.15, 0.2) is 5.65 Å². The van der Waals surface area contributed by atoms with Gasteiger partial charge in [0, 0.05) is 43.2 Å². The molecule has 184 valence electrons. The van der Waals surface area contributed by atoms with Crippen LogP contribution in [-0.4, -0.2) is 52.8 Å². The van der Waals surface area contributed by atoms with Crippen LogP contribution in [0.4, 0.5) is 10.2 Å². The Labute approximate surface area is 212 Å². The molecule has 1 amide bonds. The quantitative estimate of drug-likeness (QED) is 0.382. The van der Waals surface area contributed by atoms with E-state index in [-0.39, 0.29) is 23.1 Å². The van der Waals surface area contributed by atoms with Gasteiger partial charge in [0.1, 0.15) is 22.8 Å². The number of hydrogen-bond donors (Lipinski definition) is 3. The van der Waals surface area contributed by atoms with E-state index < -0.39 is 0 Å². The molecule has 2 aromatic heterocycles. The number of anilines is 1. The Morgan fingerprint density at radius 3 is 2.89 bits per heavy atom. The van der Waals surface area contributed by atoms with E-state index in [1.165, 1.54) is 6.07 Å². The molecule has 10 heteroatoms. The lowest BCUT2D eigenvalue weighted by atomic mass is 9.91. The number of nitrogens with one attached hydrogen (secondary N) is 2. The first-order valence-electron chi connectivity index (χ1n) is 11.9. The zero-order valence-corrected chi connectivity index (χ0v) is 20.4. The molecule has 4 N–H and O–H groups in total. The lowest BCUT2D eigenvalue weighted by molar-refractivity contribution is 0.0963. The lowest BCUT2D eigenvalue weighted by Crippen LogP contribution is -2.32. The van der Waals surface area contributed by atoms with Gasteiger partial charge in [-0.3, -0.25) is 9.89 Å². The summed E-state index contributed by atoms with van der Waals surface area (Å²) >= 11 is 6.47. The minimum absolute atomic E-state index is 0.183. The summed E-state index contributed by atoms with van der Waals surface area (Å²) in [6, 6.07) is 12.0. The van der Waals surface area contributed by atoms with Crippen LogP contribution >= 0.6 is 11.6 Å². The van der Waals surface area contributed by atoms with E-state index in [4.69, 9.17) is 22.3 Å². The Morgan fingerprint density at radius 2 is 2.14 bits per heavy atom. The third-order valence-corrected chi connectivity index (χ3v) is 8.15. The van der Waals surface area contributed by atoms with Crippen LogP contribution in [0, 0.1) is 17.7 Å². The van der Waals surface area contributed by atoms with Crippen LogP contribution in [0.5, 0.6) is 0 Å². The number of carbonyl (C=O) groups excluding carboxylic acids is 1. The van der Waals surface area contributed by atoms with Crippen molar-refractivity contribution in [3.8, 4) is 11.3 Å². The molecule has 1 aliphatic heterocycles. The Hall–Kier alpha value is -3.56. The number of benzene rings is 2. The molecule has 4 aromatic rings. The number of fused-ring (bicyclic) bond motifs is 2. The second-order valence-corrected chi connectivity index (χ2v) is 9.85. The van der Waals surface area contributed by atoms with Crippen molar-refractivity contribution >= 4 is 34.5 Å². The average molecular weight is 506 g/mol. The molecule has 3 heterocycles. The van der Waals surface area contributed by atoms with Crippen molar-refractivity contribution in [3.05, 3.63) is 70.6 Å². The van der Waals surface area contributed by atoms with Gasteiger partial charge in [-0.05, 0) is 42.0 Å². The van der Waals surface area contributed by atoms with Crippen LogP contribution in [0.25, 0.3) is 22.4 Å². The van der Waals surface area contributed by atoms with Crippen LogP contribution in [-0.2, 0) is 5.41 Å². The van der Waals surface area contributed by atoms with Crippen LogP contribution in [0.3, 0.4) is 0 Å². The van der Waals surface area contributed by atoms with Crippen LogP contribution in [0.15, 0.2) is 48.7 Å². The number of H-pyrrole nitrogens is 1. The van der Waals surface area contributed by atoms with Crippen molar-refractivity contribution < 1.29 is 9.18 Å². The van der Waals surface area contributed by atoms with E-state index in [0.29, 0.717) is 45.5 Å². The summed E-state index contributed by atoms with van der Waals surface area (Å²) in [4.78, 5) is 23.5. The molecule has 0 radical (unpaired) electrons. The number of halogens is 2. The number of rotatable bonds is 5. The van der Waals surface area contributed by atoms with Crippen LogP contribution in [0.2, 0.25) is 5.02 Å². The second kappa shape index (κ2) is 8.53. The summed E-state index contributed by atoms with van der Waals surface area (Å²) in [5, 5.41) is 10.4. The smallest absolute Gasteiger partial charge is 0.251 e. The molecule has 2 fully saturated rings. The normalized spacial score (nSPS) is 22.9. The summed E-state index contributed by atoms with van der Waals surface area (Å²) in [6.45, 7) is 1.96. The van der Waals surface area contributed by atoms with E-state index in [2.05, 4.69) is 25.4 Å². The number of aromatic nitrogens is 4. The molecular weight excluding hydrogens is 481 g/mol. The van der Waals surface area contributed by atoms with Gasteiger partial charge in [-0.1, -0.05) is 35.9 Å². The fraction of sp³-hybridized carbons (Fsp3) is 0.308. The minimum Gasteiger partial charge on any atom is -0.355 e. The maximum absolute atomic E-state index is 14.7. The minimum atomic E-state index is -0.323. The first-order valence-corrected chi connectivity index (χ1v) is 12.3. The van der Waals surface area contributed by atoms with Crippen molar-refractivity contribution in [2.45, 2.75) is 11.8 Å². The average Bonchev–Trinajstić information content (AvgIpc) is 3.37. The van der Waals surface area contributed by atoms with Crippen molar-refractivity contribution in [2.24, 2.45) is 17.6 Å². The fourth-order valence-electron chi connectivity index (χ4n) is 5.96. The highest BCUT2D eigenvalue weighted by Crippen LogP contribution is 2.63. The molecule has 8 nitrogen and oxygen atoms in total. The summed E-state index contributed by atoms with van der Waals surface area (Å²) in [5.41, 5.74) is 9.47. The van der Waals surface area contributed by atoms with Gasteiger partial charge < -0.3 is 16.0 Å². The van der Waals surface area contributed by atoms with Gasteiger partial charge in [0.25, 0.3) is 5.91 Å². The Morgan fingerprint density at radius 1 is 1.31 bits per heavy atom. The third kappa shape index (κ3) is 3.37. The lowest BCUT2D eigenvalue weighted by Gasteiger charge is -2.26. The highest BCUT2D eigenvalue weighted by atomic mass is 35.5. The molecule has 2 aromatic carbocycles. The number of nitrogens with zero attached hydrogens (tertiary/aromatic N) is 4. The van der Waals surface area contributed by atoms with Gasteiger partial charge in [0.2, 0.25) is 0 Å². The SMILES string of the molecule is CNC(=O)c1ccc(-c2n[nH]c3nc(N4CC[C@@H]5[C@H](C4)[C@@]5(CN)c4ccccc4F)cnc23)c(Cl)c1. The fourth-order valence-corrected chi connectivity index (χ4v) is 6.23. The standard InChI is InChI=1S/C26H25ClFN7O/c1-30-25(36)14-6-7-15(19(27)10-14)22-23-24(34-33-22)32-21(11-31-23)35-9-8-16-18(12-35)26(16,13-29)17-4-2-3-5-20(17)28/h2-7,10-11,16,18H,8-9,12-13,29H2,1H3,(H,30,36)(H,32,33,34)/t16-,18+,26-/m1/s1. The van der Waals surface area contributed by atoms with E-state index >= 15 is 0 Å². The molecule has 36 heavy (non-hydrogen) atoms. The van der Waals surface area contributed by atoms with Gasteiger partial charge in [-0.2, -0.15) is 5.10 Å². The molecule has 0 unspecified atom stereocenters. The number of aromatic amines is 1. The molecule has 0 spiro atoms. The molecule has 1 aliphatic carbocycles. The highest BCUT2D eigenvalue weighted by molar-refractivity contribution is 6.34. The molecule has 0 bridgehead atoms. The van der Waals surface area contributed by atoms with Gasteiger partial charge in [-0.25, -0.2) is 14.4 Å². The first-order chi connectivity index (χ1) is 17.5. The monoisotopic (exact) mass is 505 g/mol. The zero-order chi connectivity index (χ0) is 25.0. The summed E-state index contributed by atoms with van der Waals surface area (Å²) in [5.74, 6) is 0.972. The zero-order valence-electron chi connectivity index (χ0n) is 19.6. The van der Waals surface area contributed by atoms with Crippen LogP contribution < -0.4 is 16.0 Å². The molecule has 6 rings (SSSR count). The first kappa shape index (κ1) is 22.9. The largest absolute Gasteiger partial charge is 0.355 e. The molecular formula is C26H25ClFN7O. The topological polar surface area (TPSA) is 113 Å². The maximum atomic E-state index is 14.7. The molecule has 3 atom stereocenters. The van der Waals surface area contributed by atoms with E-state index in [9.17, 15) is 9.18 Å².